The number of carbonyl (C=O) groups is 1. The quantitative estimate of drug-likeness (QED) is 0.777. The Kier molecular flexibility index (Phi) is 4.46. The summed E-state index contributed by atoms with van der Waals surface area (Å²) in [6.07, 6.45) is 3.61. The zero-order valence-corrected chi connectivity index (χ0v) is 13.8. The van der Waals surface area contributed by atoms with Crippen LogP contribution >= 0.6 is 0 Å². The topological polar surface area (TPSA) is 88.4 Å². The standard InChI is InChI=1S/C17H20N4O4/c22-16(15-18-20-21(19-15)13-4-2-1-3-5-13)24-12-14-6-7-17(25-14)8-10-23-11-9-17/h1-5,14H,6-12H2. The molecule has 2 aliphatic heterocycles. The fourth-order valence-corrected chi connectivity index (χ4v) is 3.32. The minimum Gasteiger partial charge on any atom is -0.457 e. The highest BCUT2D eigenvalue weighted by Crippen LogP contribution is 2.38. The van der Waals surface area contributed by atoms with Gasteiger partial charge < -0.3 is 14.2 Å². The SMILES string of the molecule is O=C(OCC1CCC2(CCOCC2)O1)c1nnn(-c2ccccc2)n1. The lowest BCUT2D eigenvalue weighted by Gasteiger charge is -2.33. The average Bonchev–Trinajstić information content (AvgIpc) is 3.29. The summed E-state index contributed by atoms with van der Waals surface area (Å²) in [5.41, 5.74) is 0.638. The van der Waals surface area contributed by atoms with Gasteiger partial charge in [-0.2, -0.15) is 0 Å². The Morgan fingerprint density at radius 1 is 1.24 bits per heavy atom. The van der Waals surface area contributed by atoms with Crippen LogP contribution in [0, 0.1) is 0 Å². The molecule has 25 heavy (non-hydrogen) atoms. The smallest absolute Gasteiger partial charge is 0.380 e. The lowest BCUT2D eigenvalue weighted by atomic mass is 9.91. The maximum absolute atomic E-state index is 12.1. The summed E-state index contributed by atoms with van der Waals surface area (Å²) >= 11 is 0. The third-order valence-corrected chi connectivity index (χ3v) is 4.73. The zero-order valence-electron chi connectivity index (χ0n) is 13.8. The van der Waals surface area contributed by atoms with Crippen LogP contribution in [0.15, 0.2) is 30.3 Å². The number of benzene rings is 1. The lowest BCUT2D eigenvalue weighted by Crippen LogP contribution is -2.37. The first kappa shape index (κ1) is 16.2. The number of carbonyl (C=O) groups excluding carboxylic acids is 1. The third kappa shape index (κ3) is 3.54. The molecule has 0 aliphatic carbocycles. The van der Waals surface area contributed by atoms with Crippen molar-refractivity contribution < 1.29 is 19.0 Å². The molecular formula is C17H20N4O4. The van der Waals surface area contributed by atoms with Crippen molar-refractivity contribution in [1.82, 2.24) is 20.2 Å². The molecule has 0 amide bonds. The molecule has 0 saturated carbocycles. The molecule has 2 aliphatic rings. The molecule has 8 heteroatoms. The van der Waals surface area contributed by atoms with Gasteiger partial charge in [0.05, 0.1) is 17.4 Å². The van der Waals surface area contributed by atoms with Gasteiger partial charge in [0.2, 0.25) is 0 Å². The predicted molar refractivity (Wildman–Crippen MR) is 86.3 cm³/mol. The van der Waals surface area contributed by atoms with Crippen LogP contribution in [0.3, 0.4) is 0 Å². The first-order valence-electron chi connectivity index (χ1n) is 8.52. The molecule has 8 nitrogen and oxygen atoms in total. The van der Waals surface area contributed by atoms with Crippen LogP contribution in [0.1, 0.15) is 36.3 Å². The summed E-state index contributed by atoms with van der Waals surface area (Å²) in [7, 11) is 0. The van der Waals surface area contributed by atoms with Crippen molar-refractivity contribution in [3.63, 3.8) is 0 Å². The van der Waals surface area contributed by atoms with Crippen LogP contribution in [-0.4, -0.2) is 57.7 Å². The number of hydrogen-bond acceptors (Lipinski definition) is 7. The van der Waals surface area contributed by atoms with E-state index in [4.69, 9.17) is 14.2 Å². The van der Waals surface area contributed by atoms with Gasteiger partial charge in [-0.25, -0.2) is 4.79 Å². The van der Waals surface area contributed by atoms with Gasteiger partial charge in [-0.15, -0.1) is 15.0 Å². The van der Waals surface area contributed by atoms with E-state index in [2.05, 4.69) is 15.4 Å². The van der Waals surface area contributed by atoms with Crippen molar-refractivity contribution in [2.45, 2.75) is 37.4 Å². The fraction of sp³-hybridized carbons (Fsp3) is 0.529. The Morgan fingerprint density at radius 3 is 2.84 bits per heavy atom. The molecule has 1 atom stereocenters. The monoisotopic (exact) mass is 344 g/mol. The molecule has 0 radical (unpaired) electrons. The number of nitrogens with zero attached hydrogens (tertiary/aromatic N) is 4. The van der Waals surface area contributed by atoms with Crippen molar-refractivity contribution in [3.8, 4) is 5.69 Å². The van der Waals surface area contributed by atoms with Gasteiger partial charge >= 0.3 is 5.97 Å². The molecule has 0 N–H and O–H groups in total. The van der Waals surface area contributed by atoms with Gasteiger partial charge in [0.15, 0.2) is 0 Å². The maximum atomic E-state index is 12.1. The molecule has 2 fully saturated rings. The molecule has 132 valence electrons. The summed E-state index contributed by atoms with van der Waals surface area (Å²) in [5.74, 6) is -0.638. The lowest BCUT2D eigenvalue weighted by molar-refractivity contribution is -0.113. The van der Waals surface area contributed by atoms with Crippen molar-refractivity contribution in [1.29, 1.82) is 0 Å². The van der Waals surface area contributed by atoms with Gasteiger partial charge in [-0.3, -0.25) is 0 Å². The van der Waals surface area contributed by atoms with E-state index in [9.17, 15) is 4.79 Å². The first-order chi connectivity index (χ1) is 12.2. The summed E-state index contributed by atoms with van der Waals surface area (Å²) in [6, 6.07) is 9.27. The third-order valence-electron chi connectivity index (χ3n) is 4.73. The van der Waals surface area contributed by atoms with E-state index < -0.39 is 5.97 Å². The molecule has 4 rings (SSSR count). The number of tetrazole rings is 1. The highest BCUT2D eigenvalue weighted by molar-refractivity contribution is 5.84. The molecule has 3 heterocycles. The van der Waals surface area contributed by atoms with E-state index >= 15 is 0 Å². The van der Waals surface area contributed by atoms with E-state index in [0.29, 0.717) is 0 Å². The average molecular weight is 344 g/mol. The number of rotatable bonds is 4. The van der Waals surface area contributed by atoms with Crippen molar-refractivity contribution >= 4 is 5.97 Å². The highest BCUT2D eigenvalue weighted by atomic mass is 16.6. The van der Waals surface area contributed by atoms with Crippen molar-refractivity contribution in [2.75, 3.05) is 19.8 Å². The first-order valence-corrected chi connectivity index (χ1v) is 8.52. The van der Waals surface area contributed by atoms with E-state index in [-0.39, 0.29) is 24.1 Å². The van der Waals surface area contributed by atoms with Crippen LogP contribution in [0.25, 0.3) is 5.69 Å². The minimum absolute atomic E-state index is 0.0531. The Labute approximate surface area is 145 Å². The molecule has 1 aromatic carbocycles. The Bertz CT molecular complexity index is 727. The highest BCUT2D eigenvalue weighted by Gasteiger charge is 2.41. The number of aromatic nitrogens is 4. The van der Waals surface area contributed by atoms with E-state index in [1.54, 1.807) is 0 Å². The molecule has 1 aromatic heterocycles. The number of ether oxygens (including phenoxy) is 3. The molecule has 1 spiro atoms. The predicted octanol–water partition coefficient (Wildman–Crippen LogP) is 1.55. The normalized spacial score (nSPS) is 22.2. The summed E-state index contributed by atoms with van der Waals surface area (Å²) in [5, 5.41) is 11.7. The summed E-state index contributed by atoms with van der Waals surface area (Å²) in [6.45, 7) is 1.68. The summed E-state index contributed by atoms with van der Waals surface area (Å²) in [4.78, 5) is 13.4. The van der Waals surface area contributed by atoms with Gasteiger partial charge in [0.1, 0.15) is 6.61 Å². The van der Waals surface area contributed by atoms with Crippen molar-refractivity contribution in [2.24, 2.45) is 0 Å². The number of para-hydroxylation sites is 1. The second-order valence-corrected chi connectivity index (χ2v) is 6.41. The van der Waals surface area contributed by atoms with Gasteiger partial charge in [-0.1, -0.05) is 18.2 Å². The molecule has 0 bridgehead atoms. The van der Waals surface area contributed by atoms with Crippen LogP contribution in [-0.2, 0) is 14.2 Å². The fourth-order valence-electron chi connectivity index (χ4n) is 3.32. The number of hydrogen-bond donors (Lipinski definition) is 0. The second-order valence-electron chi connectivity index (χ2n) is 6.41. The zero-order chi connectivity index (χ0) is 17.1. The molecular weight excluding hydrogens is 324 g/mol. The van der Waals surface area contributed by atoms with Crippen molar-refractivity contribution in [3.05, 3.63) is 36.2 Å². The van der Waals surface area contributed by atoms with Gasteiger partial charge in [-0.05, 0) is 43.0 Å². The number of esters is 1. The second kappa shape index (κ2) is 6.89. The minimum atomic E-state index is -0.585. The van der Waals surface area contributed by atoms with Gasteiger partial charge in [0, 0.05) is 13.2 Å². The summed E-state index contributed by atoms with van der Waals surface area (Å²) < 4.78 is 16.8. The Hall–Kier alpha value is -2.32. The van der Waals surface area contributed by atoms with Gasteiger partial charge in [0.25, 0.3) is 5.82 Å². The van der Waals surface area contributed by atoms with Crippen LogP contribution in [0.4, 0.5) is 0 Å². The van der Waals surface area contributed by atoms with E-state index in [1.165, 1.54) is 4.80 Å². The van der Waals surface area contributed by atoms with E-state index in [1.807, 2.05) is 30.3 Å². The maximum Gasteiger partial charge on any atom is 0.380 e. The Balaban J connectivity index is 1.32. The molecule has 2 saturated heterocycles. The van der Waals surface area contributed by atoms with Crippen LogP contribution in [0.2, 0.25) is 0 Å². The Morgan fingerprint density at radius 2 is 2.04 bits per heavy atom. The van der Waals surface area contributed by atoms with Crippen LogP contribution in [0.5, 0.6) is 0 Å². The molecule has 1 unspecified atom stereocenters. The van der Waals surface area contributed by atoms with Crippen LogP contribution < -0.4 is 0 Å². The molecule has 2 aromatic rings. The van der Waals surface area contributed by atoms with E-state index in [0.717, 1.165) is 44.6 Å². The largest absolute Gasteiger partial charge is 0.457 e.